The smallest absolute Gasteiger partial charge is 0.339 e. The molecule has 0 radical (unpaired) electrons. The molecule has 4 heterocycles. The van der Waals surface area contributed by atoms with Crippen LogP contribution in [0.1, 0.15) is 20.7 Å². The fourth-order valence-electron chi connectivity index (χ4n) is 3.11. The van der Waals surface area contributed by atoms with E-state index < -0.39 is 11.9 Å². The molecule has 0 aliphatic carbocycles. The predicted molar refractivity (Wildman–Crippen MR) is 133 cm³/mol. The Kier molecular flexibility index (Phi) is 8.24. The van der Waals surface area contributed by atoms with Crippen LogP contribution in [0, 0.1) is 0 Å². The summed E-state index contributed by atoms with van der Waals surface area (Å²) in [7, 11) is 5.98. The van der Waals surface area contributed by atoms with Gasteiger partial charge in [-0.25, -0.2) is 9.59 Å². The molecule has 0 spiro atoms. The Morgan fingerprint density at radius 1 is 0.639 bits per heavy atom. The first-order valence-corrected chi connectivity index (χ1v) is 10.6. The van der Waals surface area contributed by atoms with Crippen LogP contribution in [0.2, 0.25) is 0 Å². The van der Waals surface area contributed by atoms with Crippen molar-refractivity contribution in [2.45, 2.75) is 0 Å². The van der Waals surface area contributed by atoms with Crippen LogP contribution in [-0.2, 0) is 23.6 Å². The van der Waals surface area contributed by atoms with Gasteiger partial charge in [0.25, 0.3) is 11.1 Å². The van der Waals surface area contributed by atoms with Crippen molar-refractivity contribution in [1.29, 1.82) is 0 Å². The SMILES string of the molecule is COC(=O)c1cncc(-c2ccn(C)c(=O)c2)c1.COC(=O)c1cncc(-c2ccn(C)c(=O)c2)c1. The van der Waals surface area contributed by atoms with Gasteiger partial charge in [0, 0.05) is 74.5 Å². The maximum absolute atomic E-state index is 11.5. The zero-order valence-electron chi connectivity index (χ0n) is 20.2. The number of aromatic nitrogens is 4. The van der Waals surface area contributed by atoms with Crippen molar-refractivity contribution in [1.82, 2.24) is 19.1 Å². The molecule has 0 aliphatic rings. The number of carbonyl (C=O) groups excluding carboxylic acids is 2. The number of esters is 2. The van der Waals surface area contributed by atoms with E-state index in [1.165, 1.54) is 47.9 Å². The van der Waals surface area contributed by atoms with Crippen LogP contribution < -0.4 is 11.1 Å². The van der Waals surface area contributed by atoms with Crippen LogP contribution in [0.5, 0.6) is 0 Å². The van der Waals surface area contributed by atoms with Crippen LogP contribution in [0.15, 0.2) is 83.2 Å². The minimum absolute atomic E-state index is 0.115. The number of rotatable bonds is 4. The van der Waals surface area contributed by atoms with E-state index >= 15 is 0 Å². The third-order valence-corrected chi connectivity index (χ3v) is 5.19. The molecule has 36 heavy (non-hydrogen) atoms. The predicted octanol–water partition coefficient (Wildman–Crippen LogP) is 2.47. The molecule has 0 saturated carbocycles. The molecule has 0 aliphatic heterocycles. The molecule has 4 aromatic rings. The van der Waals surface area contributed by atoms with Gasteiger partial charge in [-0.1, -0.05) is 0 Å². The highest BCUT2D eigenvalue weighted by Crippen LogP contribution is 2.18. The molecule has 0 N–H and O–H groups in total. The van der Waals surface area contributed by atoms with E-state index in [0.29, 0.717) is 22.3 Å². The lowest BCUT2D eigenvalue weighted by Gasteiger charge is -2.04. The third kappa shape index (κ3) is 6.17. The van der Waals surface area contributed by atoms with Crippen LogP contribution in [0.3, 0.4) is 0 Å². The fraction of sp³-hybridized carbons (Fsp3) is 0.154. The second kappa shape index (κ2) is 11.5. The van der Waals surface area contributed by atoms with Crippen molar-refractivity contribution in [2.75, 3.05) is 14.2 Å². The maximum Gasteiger partial charge on any atom is 0.339 e. The molecular weight excluding hydrogens is 464 g/mol. The third-order valence-electron chi connectivity index (χ3n) is 5.19. The van der Waals surface area contributed by atoms with Crippen LogP contribution in [0.25, 0.3) is 22.3 Å². The molecule has 0 aromatic carbocycles. The number of pyridine rings is 4. The van der Waals surface area contributed by atoms with Crippen molar-refractivity contribution >= 4 is 11.9 Å². The molecular formula is C26H24N4O6. The van der Waals surface area contributed by atoms with Gasteiger partial charge in [-0.15, -0.1) is 0 Å². The fourth-order valence-corrected chi connectivity index (χ4v) is 3.11. The average molecular weight is 489 g/mol. The molecule has 0 atom stereocenters. The first-order chi connectivity index (χ1) is 17.2. The van der Waals surface area contributed by atoms with E-state index in [2.05, 4.69) is 19.4 Å². The van der Waals surface area contributed by atoms with Gasteiger partial charge in [0.2, 0.25) is 0 Å². The summed E-state index contributed by atoms with van der Waals surface area (Å²) in [5.41, 5.74) is 3.33. The number of hydrogen-bond donors (Lipinski definition) is 0. The second-order valence-corrected chi connectivity index (χ2v) is 7.64. The van der Waals surface area contributed by atoms with Gasteiger partial charge in [0.1, 0.15) is 0 Å². The zero-order valence-corrected chi connectivity index (χ0v) is 20.2. The summed E-state index contributed by atoms with van der Waals surface area (Å²) in [4.78, 5) is 53.8. The number of ether oxygens (including phenoxy) is 2. The van der Waals surface area contributed by atoms with E-state index in [0.717, 1.165) is 11.1 Å². The molecule has 0 unspecified atom stereocenters. The number of hydrogen-bond acceptors (Lipinski definition) is 8. The molecule has 0 saturated heterocycles. The summed E-state index contributed by atoms with van der Waals surface area (Å²) >= 11 is 0. The Bertz CT molecular complexity index is 1410. The van der Waals surface area contributed by atoms with E-state index in [1.54, 1.807) is 63.1 Å². The van der Waals surface area contributed by atoms with E-state index in [4.69, 9.17) is 0 Å². The van der Waals surface area contributed by atoms with Crippen LogP contribution in [0.4, 0.5) is 0 Å². The van der Waals surface area contributed by atoms with Crippen LogP contribution in [-0.4, -0.2) is 45.3 Å². The van der Waals surface area contributed by atoms with E-state index in [-0.39, 0.29) is 11.1 Å². The highest BCUT2D eigenvalue weighted by molar-refractivity contribution is 5.91. The van der Waals surface area contributed by atoms with Crippen molar-refractivity contribution in [3.8, 4) is 22.3 Å². The van der Waals surface area contributed by atoms with Gasteiger partial charge in [-0.2, -0.15) is 0 Å². The Morgan fingerprint density at radius 3 is 1.36 bits per heavy atom. The lowest BCUT2D eigenvalue weighted by molar-refractivity contribution is 0.0591. The first kappa shape index (κ1) is 25.8. The Labute approximate surface area is 206 Å². The minimum Gasteiger partial charge on any atom is -0.465 e. The summed E-state index contributed by atoms with van der Waals surface area (Å²) in [6, 6.07) is 9.87. The molecule has 0 amide bonds. The Balaban J connectivity index is 0.000000201. The summed E-state index contributed by atoms with van der Waals surface area (Å²) in [5, 5.41) is 0. The molecule has 184 valence electrons. The zero-order chi connectivity index (χ0) is 26.2. The quantitative estimate of drug-likeness (QED) is 0.402. The van der Waals surface area contributed by atoms with Gasteiger partial charge in [0.15, 0.2) is 0 Å². The van der Waals surface area contributed by atoms with Gasteiger partial charge < -0.3 is 18.6 Å². The Hall–Kier alpha value is -4.86. The summed E-state index contributed by atoms with van der Waals surface area (Å²) < 4.78 is 12.2. The largest absolute Gasteiger partial charge is 0.465 e. The molecule has 10 heteroatoms. The topological polar surface area (TPSA) is 122 Å². The lowest BCUT2D eigenvalue weighted by Crippen LogP contribution is -2.14. The van der Waals surface area contributed by atoms with Gasteiger partial charge >= 0.3 is 11.9 Å². The van der Waals surface area contributed by atoms with Crippen molar-refractivity contribution in [3.63, 3.8) is 0 Å². The first-order valence-electron chi connectivity index (χ1n) is 10.6. The second-order valence-electron chi connectivity index (χ2n) is 7.64. The van der Waals surface area contributed by atoms with Crippen LogP contribution >= 0.6 is 0 Å². The van der Waals surface area contributed by atoms with Gasteiger partial charge in [-0.3, -0.25) is 19.6 Å². The standard InChI is InChI=1S/2C13H12N2O3/c2*1-15-4-3-9(6-12(15)16)10-5-11(8-14-7-10)13(17)18-2/h2*3-8H,1-2H3. The average Bonchev–Trinajstić information content (AvgIpc) is 2.91. The molecule has 0 bridgehead atoms. The number of carbonyl (C=O) groups is 2. The van der Waals surface area contributed by atoms with E-state index in [1.807, 2.05) is 0 Å². The number of methoxy groups -OCH3 is 2. The summed E-state index contributed by atoms with van der Waals surface area (Å²) in [6.07, 6.45) is 9.39. The highest BCUT2D eigenvalue weighted by Gasteiger charge is 2.09. The van der Waals surface area contributed by atoms with Crippen molar-refractivity contribution in [2.24, 2.45) is 14.1 Å². The maximum atomic E-state index is 11.5. The molecule has 10 nitrogen and oxygen atoms in total. The lowest BCUT2D eigenvalue weighted by atomic mass is 10.1. The molecule has 4 aromatic heterocycles. The van der Waals surface area contributed by atoms with Crippen molar-refractivity contribution in [3.05, 3.63) is 105 Å². The summed E-state index contributed by atoms with van der Waals surface area (Å²) in [5.74, 6) is -0.902. The summed E-state index contributed by atoms with van der Waals surface area (Å²) in [6.45, 7) is 0. The minimum atomic E-state index is -0.451. The molecule has 0 fully saturated rings. The van der Waals surface area contributed by atoms with Crippen molar-refractivity contribution < 1.29 is 19.1 Å². The monoisotopic (exact) mass is 488 g/mol. The number of aryl methyl sites for hydroxylation is 2. The van der Waals surface area contributed by atoms with Gasteiger partial charge in [0.05, 0.1) is 25.3 Å². The number of nitrogens with zero attached hydrogens (tertiary/aromatic N) is 4. The van der Waals surface area contributed by atoms with Gasteiger partial charge in [-0.05, 0) is 35.4 Å². The molecule has 4 rings (SSSR count). The Morgan fingerprint density at radius 2 is 1.03 bits per heavy atom. The highest BCUT2D eigenvalue weighted by atomic mass is 16.5. The normalized spacial score (nSPS) is 10.1. The van der Waals surface area contributed by atoms with E-state index in [9.17, 15) is 19.2 Å².